The molecule has 2 nitrogen and oxygen atoms in total. The monoisotopic (exact) mass is 293 g/mol. The van der Waals surface area contributed by atoms with E-state index in [9.17, 15) is 0 Å². The van der Waals surface area contributed by atoms with Crippen molar-refractivity contribution in [3.8, 4) is 5.75 Å². The Bertz CT molecular complexity index is 756. The Morgan fingerprint density at radius 3 is 2.55 bits per heavy atom. The summed E-state index contributed by atoms with van der Waals surface area (Å²) in [6, 6.07) is 16.8. The summed E-state index contributed by atoms with van der Waals surface area (Å²) in [5.74, 6) is 1.57. The highest BCUT2D eigenvalue weighted by Crippen LogP contribution is 2.27. The Labute approximate surface area is 132 Å². The standard InChI is InChI=1S/C20H23NO/c1-15(2)13-21-10-9-19-16(3)11-18(12-20(19)21)22-14-17-7-5-4-6-8-17/h4-12,15H,13-14H2,1-3H3. The van der Waals surface area contributed by atoms with E-state index >= 15 is 0 Å². The predicted octanol–water partition coefficient (Wildman–Crippen LogP) is 5.18. The lowest BCUT2D eigenvalue weighted by atomic mass is 10.1. The van der Waals surface area contributed by atoms with Gasteiger partial charge in [-0.1, -0.05) is 44.2 Å². The molecule has 0 aliphatic heterocycles. The van der Waals surface area contributed by atoms with E-state index in [2.05, 4.69) is 61.9 Å². The minimum absolute atomic E-state index is 0.608. The minimum Gasteiger partial charge on any atom is -0.489 e. The summed E-state index contributed by atoms with van der Waals surface area (Å²) in [7, 11) is 0. The molecule has 0 saturated heterocycles. The Kier molecular flexibility index (Phi) is 4.19. The number of fused-ring (bicyclic) bond motifs is 1. The number of aryl methyl sites for hydroxylation is 1. The molecule has 0 aliphatic rings. The first kappa shape index (κ1) is 14.7. The van der Waals surface area contributed by atoms with Gasteiger partial charge >= 0.3 is 0 Å². The van der Waals surface area contributed by atoms with Crippen molar-refractivity contribution in [2.45, 2.75) is 33.9 Å². The van der Waals surface area contributed by atoms with Crippen LogP contribution in [0, 0.1) is 12.8 Å². The average Bonchev–Trinajstić information content (AvgIpc) is 2.89. The van der Waals surface area contributed by atoms with E-state index in [0.29, 0.717) is 12.5 Å². The van der Waals surface area contributed by atoms with Crippen molar-refractivity contribution in [3.63, 3.8) is 0 Å². The van der Waals surface area contributed by atoms with Gasteiger partial charge < -0.3 is 9.30 Å². The second-order valence-corrected chi connectivity index (χ2v) is 6.31. The summed E-state index contributed by atoms with van der Waals surface area (Å²) in [6.07, 6.45) is 2.18. The van der Waals surface area contributed by atoms with E-state index in [1.165, 1.54) is 22.0 Å². The van der Waals surface area contributed by atoms with E-state index in [1.54, 1.807) is 0 Å². The molecule has 0 aliphatic carbocycles. The highest BCUT2D eigenvalue weighted by molar-refractivity contribution is 5.85. The Morgan fingerprint density at radius 1 is 1.05 bits per heavy atom. The third kappa shape index (κ3) is 3.16. The third-order valence-corrected chi connectivity index (χ3v) is 3.88. The largest absolute Gasteiger partial charge is 0.489 e. The van der Waals surface area contributed by atoms with Crippen molar-refractivity contribution < 1.29 is 4.74 Å². The van der Waals surface area contributed by atoms with Crippen molar-refractivity contribution in [3.05, 3.63) is 65.9 Å². The van der Waals surface area contributed by atoms with Gasteiger partial charge in [0, 0.05) is 24.2 Å². The predicted molar refractivity (Wildman–Crippen MR) is 92.3 cm³/mol. The fraction of sp³-hybridized carbons (Fsp3) is 0.300. The molecule has 0 amide bonds. The third-order valence-electron chi connectivity index (χ3n) is 3.88. The zero-order valence-electron chi connectivity index (χ0n) is 13.5. The van der Waals surface area contributed by atoms with Crippen molar-refractivity contribution in [2.24, 2.45) is 5.92 Å². The molecule has 0 bridgehead atoms. The summed E-state index contributed by atoms with van der Waals surface area (Å²) < 4.78 is 8.32. The minimum atomic E-state index is 0.608. The molecular formula is C20H23NO. The van der Waals surface area contributed by atoms with Gasteiger partial charge in [0.1, 0.15) is 12.4 Å². The zero-order chi connectivity index (χ0) is 15.5. The van der Waals surface area contributed by atoms with Crippen LogP contribution < -0.4 is 4.74 Å². The Balaban J connectivity index is 1.87. The van der Waals surface area contributed by atoms with Crippen LogP contribution in [0.15, 0.2) is 54.7 Å². The van der Waals surface area contributed by atoms with Crippen LogP contribution in [0.4, 0.5) is 0 Å². The number of rotatable bonds is 5. The normalized spacial score (nSPS) is 11.3. The quantitative estimate of drug-likeness (QED) is 0.632. The molecule has 1 aromatic heterocycles. The van der Waals surface area contributed by atoms with Gasteiger partial charge in [0.25, 0.3) is 0 Å². The van der Waals surface area contributed by atoms with E-state index in [4.69, 9.17) is 4.74 Å². The van der Waals surface area contributed by atoms with Crippen LogP contribution >= 0.6 is 0 Å². The van der Waals surface area contributed by atoms with Crippen molar-refractivity contribution >= 4 is 10.9 Å². The topological polar surface area (TPSA) is 14.2 Å². The number of aromatic nitrogens is 1. The smallest absolute Gasteiger partial charge is 0.122 e. The van der Waals surface area contributed by atoms with Gasteiger partial charge in [0.2, 0.25) is 0 Å². The lowest BCUT2D eigenvalue weighted by Crippen LogP contribution is -2.03. The molecule has 0 spiro atoms. The van der Waals surface area contributed by atoms with Crippen LogP contribution in [-0.2, 0) is 13.2 Å². The SMILES string of the molecule is Cc1cc(OCc2ccccc2)cc2c1ccn2CC(C)C. The molecule has 22 heavy (non-hydrogen) atoms. The Morgan fingerprint density at radius 2 is 1.82 bits per heavy atom. The van der Waals surface area contributed by atoms with E-state index < -0.39 is 0 Å². The first-order valence-electron chi connectivity index (χ1n) is 7.89. The fourth-order valence-electron chi connectivity index (χ4n) is 2.82. The maximum absolute atomic E-state index is 6.00. The van der Waals surface area contributed by atoms with Crippen LogP contribution in [0.3, 0.4) is 0 Å². The highest BCUT2D eigenvalue weighted by Gasteiger charge is 2.08. The van der Waals surface area contributed by atoms with E-state index in [0.717, 1.165) is 12.3 Å². The van der Waals surface area contributed by atoms with Crippen LogP contribution in [0.2, 0.25) is 0 Å². The lowest BCUT2D eigenvalue weighted by molar-refractivity contribution is 0.306. The molecule has 2 aromatic carbocycles. The van der Waals surface area contributed by atoms with Gasteiger partial charge in [-0.15, -0.1) is 0 Å². The molecule has 3 aromatic rings. The van der Waals surface area contributed by atoms with E-state index in [-0.39, 0.29) is 0 Å². The van der Waals surface area contributed by atoms with Gasteiger partial charge in [0.15, 0.2) is 0 Å². The molecule has 0 atom stereocenters. The van der Waals surface area contributed by atoms with Crippen molar-refractivity contribution in [1.82, 2.24) is 4.57 Å². The molecule has 1 heterocycles. The summed E-state index contributed by atoms with van der Waals surface area (Å²) in [5.41, 5.74) is 3.72. The van der Waals surface area contributed by atoms with Gasteiger partial charge in [-0.2, -0.15) is 0 Å². The maximum atomic E-state index is 6.00. The average molecular weight is 293 g/mol. The van der Waals surface area contributed by atoms with Crippen LogP contribution in [0.25, 0.3) is 10.9 Å². The molecule has 0 N–H and O–H groups in total. The number of hydrogen-bond acceptors (Lipinski definition) is 1. The van der Waals surface area contributed by atoms with Crippen LogP contribution in [-0.4, -0.2) is 4.57 Å². The molecule has 3 rings (SSSR count). The molecule has 0 radical (unpaired) electrons. The van der Waals surface area contributed by atoms with Gasteiger partial charge in [-0.05, 0) is 36.1 Å². The Hall–Kier alpha value is -2.22. The van der Waals surface area contributed by atoms with Crippen LogP contribution in [0.5, 0.6) is 5.75 Å². The number of nitrogens with zero attached hydrogens (tertiary/aromatic N) is 1. The second-order valence-electron chi connectivity index (χ2n) is 6.31. The van der Waals surface area contributed by atoms with Gasteiger partial charge in [0.05, 0.1) is 5.52 Å². The number of ether oxygens (including phenoxy) is 1. The number of benzene rings is 2. The zero-order valence-corrected chi connectivity index (χ0v) is 13.5. The first-order chi connectivity index (χ1) is 10.6. The summed E-state index contributed by atoms with van der Waals surface area (Å²) >= 11 is 0. The molecule has 0 unspecified atom stereocenters. The lowest BCUT2D eigenvalue weighted by Gasteiger charge is -2.12. The summed E-state index contributed by atoms with van der Waals surface area (Å²) in [4.78, 5) is 0. The summed E-state index contributed by atoms with van der Waals surface area (Å²) in [6.45, 7) is 8.28. The van der Waals surface area contributed by atoms with E-state index in [1.807, 2.05) is 18.2 Å². The molecule has 0 saturated carbocycles. The molecule has 2 heteroatoms. The highest BCUT2D eigenvalue weighted by atomic mass is 16.5. The van der Waals surface area contributed by atoms with Crippen LogP contribution in [0.1, 0.15) is 25.0 Å². The first-order valence-corrected chi connectivity index (χ1v) is 7.89. The van der Waals surface area contributed by atoms with Gasteiger partial charge in [-0.3, -0.25) is 0 Å². The maximum Gasteiger partial charge on any atom is 0.122 e. The second kappa shape index (κ2) is 6.27. The number of hydrogen-bond donors (Lipinski definition) is 0. The van der Waals surface area contributed by atoms with Crippen molar-refractivity contribution in [1.29, 1.82) is 0 Å². The molecule has 0 fully saturated rings. The molecule has 114 valence electrons. The fourth-order valence-corrected chi connectivity index (χ4v) is 2.82. The van der Waals surface area contributed by atoms with Crippen molar-refractivity contribution in [2.75, 3.05) is 0 Å². The molecular weight excluding hydrogens is 270 g/mol. The van der Waals surface area contributed by atoms with Gasteiger partial charge in [-0.25, -0.2) is 0 Å². The summed E-state index contributed by atoms with van der Waals surface area (Å²) in [5, 5.41) is 1.31.